The Balaban J connectivity index is 2.31. The molecule has 1 heterocycles. The fourth-order valence-corrected chi connectivity index (χ4v) is 2.26. The summed E-state index contributed by atoms with van der Waals surface area (Å²) in [6.07, 6.45) is 2.46. The molecule has 2 N–H and O–H groups in total. The van der Waals surface area contributed by atoms with Crippen LogP contribution >= 0.6 is 0 Å². The van der Waals surface area contributed by atoms with Crippen molar-refractivity contribution in [1.82, 2.24) is 15.1 Å². The van der Waals surface area contributed by atoms with E-state index in [9.17, 15) is 9.59 Å². The Bertz CT molecular complexity index is 302. The minimum absolute atomic E-state index is 0.242. The number of urea groups is 1. The highest BCUT2D eigenvalue weighted by Gasteiger charge is 2.18. The van der Waals surface area contributed by atoms with E-state index in [1.807, 2.05) is 13.8 Å². The summed E-state index contributed by atoms with van der Waals surface area (Å²) in [5, 5.41) is 11.6. The van der Waals surface area contributed by atoms with Crippen LogP contribution in [-0.4, -0.2) is 66.2 Å². The molecule has 19 heavy (non-hydrogen) atoms. The van der Waals surface area contributed by atoms with Crippen LogP contribution in [-0.2, 0) is 4.79 Å². The van der Waals surface area contributed by atoms with Crippen molar-refractivity contribution in [2.24, 2.45) is 5.92 Å². The van der Waals surface area contributed by atoms with Gasteiger partial charge in [-0.1, -0.05) is 13.8 Å². The number of likely N-dealkylation sites (tertiary alicyclic amines) is 1. The molecule has 0 aromatic heterocycles. The van der Waals surface area contributed by atoms with Gasteiger partial charge in [0.15, 0.2) is 0 Å². The lowest BCUT2D eigenvalue weighted by Crippen LogP contribution is -2.46. The largest absolute Gasteiger partial charge is 0.480 e. The second-order valence-electron chi connectivity index (χ2n) is 5.45. The predicted molar refractivity (Wildman–Crippen MR) is 73.1 cm³/mol. The van der Waals surface area contributed by atoms with Gasteiger partial charge in [0, 0.05) is 19.6 Å². The summed E-state index contributed by atoms with van der Waals surface area (Å²) >= 11 is 0. The second kappa shape index (κ2) is 7.99. The Morgan fingerprint density at radius 2 is 1.95 bits per heavy atom. The Hall–Kier alpha value is -1.30. The molecular weight excluding hydrogens is 246 g/mol. The number of rotatable bonds is 7. The van der Waals surface area contributed by atoms with Crippen LogP contribution in [0.15, 0.2) is 0 Å². The van der Waals surface area contributed by atoms with E-state index in [2.05, 4.69) is 10.2 Å². The van der Waals surface area contributed by atoms with Crippen LogP contribution < -0.4 is 5.32 Å². The van der Waals surface area contributed by atoms with Gasteiger partial charge in [0.25, 0.3) is 0 Å². The van der Waals surface area contributed by atoms with Crippen LogP contribution in [0.5, 0.6) is 0 Å². The topological polar surface area (TPSA) is 72.9 Å². The smallest absolute Gasteiger partial charge is 0.323 e. The molecule has 0 bridgehead atoms. The first kappa shape index (κ1) is 15.8. The maximum Gasteiger partial charge on any atom is 0.323 e. The van der Waals surface area contributed by atoms with Gasteiger partial charge in [-0.15, -0.1) is 0 Å². The van der Waals surface area contributed by atoms with Gasteiger partial charge >= 0.3 is 12.0 Å². The summed E-state index contributed by atoms with van der Waals surface area (Å²) < 4.78 is 0. The predicted octanol–water partition coefficient (Wildman–Crippen LogP) is 0.834. The second-order valence-corrected chi connectivity index (χ2v) is 5.45. The molecule has 0 spiro atoms. The van der Waals surface area contributed by atoms with Crippen molar-refractivity contribution in [1.29, 1.82) is 0 Å². The normalized spacial score (nSPS) is 15.7. The first-order valence-electron chi connectivity index (χ1n) is 6.96. The molecule has 1 saturated heterocycles. The first-order valence-corrected chi connectivity index (χ1v) is 6.96. The standard InChI is InChI=1S/C13H25N3O3/c1-11(2)9-16(10-12(17)18)13(19)14-5-8-15-6-3-4-7-15/h11H,3-10H2,1-2H3,(H,14,19)(H,17,18). The molecule has 0 atom stereocenters. The third kappa shape index (κ3) is 6.42. The number of nitrogens with one attached hydrogen (secondary N) is 1. The zero-order valence-electron chi connectivity index (χ0n) is 11.9. The fraction of sp³-hybridized carbons (Fsp3) is 0.846. The molecule has 0 aromatic rings. The van der Waals surface area contributed by atoms with E-state index in [0.29, 0.717) is 13.1 Å². The van der Waals surface area contributed by atoms with Crippen molar-refractivity contribution < 1.29 is 14.7 Å². The van der Waals surface area contributed by atoms with Crippen LogP contribution in [0.2, 0.25) is 0 Å². The molecule has 0 radical (unpaired) electrons. The van der Waals surface area contributed by atoms with Crippen molar-refractivity contribution >= 4 is 12.0 Å². The van der Waals surface area contributed by atoms with E-state index >= 15 is 0 Å². The lowest BCUT2D eigenvalue weighted by Gasteiger charge is -2.24. The third-order valence-electron chi connectivity index (χ3n) is 3.10. The average molecular weight is 271 g/mol. The Morgan fingerprint density at radius 1 is 1.32 bits per heavy atom. The van der Waals surface area contributed by atoms with Gasteiger partial charge in [-0.2, -0.15) is 0 Å². The molecule has 6 heteroatoms. The molecule has 110 valence electrons. The molecular formula is C13H25N3O3. The van der Waals surface area contributed by atoms with Crippen LogP contribution in [0.4, 0.5) is 4.79 Å². The number of nitrogens with zero attached hydrogens (tertiary/aromatic N) is 2. The quantitative estimate of drug-likeness (QED) is 0.719. The molecule has 0 saturated carbocycles. The van der Waals surface area contributed by atoms with Crippen molar-refractivity contribution in [2.45, 2.75) is 26.7 Å². The average Bonchev–Trinajstić information content (AvgIpc) is 2.79. The Morgan fingerprint density at radius 3 is 2.47 bits per heavy atom. The van der Waals surface area contributed by atoms with Crippen LogP contribution in [0.25, 0.3) is 0 Å². The van der Waals surface area contributed by atoms with Gasteiger partial charge in [0.05, 0.1) is 0 Å². The highest BCUT2D eigenvalue weighted by molar-refractivity contribution is 5.80. The Kier molecular flexibility index (Phi) is 6.62. The minimum atomic E-state index is -0.977. The van der Waals surface area contributed by atoms with Gasteiger partial charge in [0.2, 0.25) is 0 Å². The third-order valence-corrected chi connectivity index (χ3v) is 3.10. The molecule has 1 aliphatic rings. The number of hydrogen-bond acceptors (Lipinski definition) is 3. The number of aliphatic carboxylic acids is 1. The number of amides is 2. The zero-order valence-corrected chi connectivity index (χ0v) is 11.9. The number of carbonyl (C=O) groups excluding carboxylic acids is 1. The summed E-state index contributed by atoms with van der Waals surface area (Å²) in [6, 6.07) is -0.282. The Labute approximate surface area is 114 Å². The van der Waals surface area contributed by atoms with Gasteiger partial charge in [-0.3, -0.25) is 4.79 Å². The van der Waals surface area contributed by atoms with Gasteiger partial charge in [-0.25, -0.2) is 4.79 Å². The van der Waals surface area contributed by atoms with E-state index in [1.54, 1.807) is 0 Å². The molecule has 0 aromatic carbocycles. The summed E-state index contributed by atoms with van der Waals surface area (Å²) in [6.45, 7) is 7.76. The molecule has 1 aliphatic heterocycles. The molecule has 1 rings (SSSR count). The maximum absolute atomic E-state index is 11.9. The molecule has 2 amide bonds. The molecule has 0 unspecified atom stereocenters. The van der Waals surface area contributed by atoms with E-state index in [0.717, 1.165) is 19.6 Å². The van der Waals surface area contributed by atoms with Gasteiger partial charge in [-0.05, 0) is 31.8 Å². The fourth-order valence-electron chi connectivity index (χ4n) is 2.26. The van der Waals surface area contributed by atoms with Gasteiger partial charge in [0.1, 0.15) is 6.54 Å². The monoisotopic (exact) mass is 271 g/mol. The van der Waals surface area contributed by atoms with Crippen molar-refractivity contribution in [3.8, 4) is 0 Å². The number of carboxylic acids is 1. The maximum atomic E-state index is 11.9. The number of carboxylic acid groups (broad SMARTS) is 1. The lowest BCUT2D eigenvalue weighted by atomic mass is 10.2. The summed E-state index contributed by atoms with van der Waals surface area (Å²) in [5.74, 6) is -0.723. The van der Waals surface area contributed by atoms with Gasteiger partial charge < -0.3 is 20.2 Å². The highest BCUT2D eigenvalue weighted by atomic mass is 16.4. The van der Waals surface area contributed by atoms with Crippen LogP contribution in [0, 0.1) is 5.92 Å². The number of hydrogen-bond donors (Lipinski definition) is 2. The van der Waals surface area contributed by atoms with E-state index in [4.69, 9.17) is 5.11 Å². The van der Waals surface area contributed by atoms with E-state index < -0.39 is 5.97 Å². The molecule has 6 nitrogen and oxygen atoms in total. The zero-order chi connectivity index (χ0) is 14.3. The number of carbonyl (C=O) groups is 2. The van der Waals surface area contributed by atoms with E-state index in [-0.39, 0.29) is 18.5 Å². The van der Waals surface area contributed by atoms with E-state index in [1.165, 1.54) is 17.7 Å². The minimum Gasteiger partial charge on any atom is -0.480 e. The lowest BCUT2D eigenvalue weighted by molar-refractivity contribution is -0.137. The van der Waals surface area contributed by atoms with Crippen molar-refractivity contribution in [2.75, 3.05) is 39.3 Å². The first-order chi connectivity index (χ1) is 8.99. The molecule has 1 fully saturated rings. The summed E-state index contributed by atoms with van der Waals surface area (Å²) in [5.41, 5.74) is 0. The summed E-state index contributed by atoms with van der Waals surface area (Å²) in [7, 11) is 0. The van der Waals surface area contributed by atoms with Crippen molar-refractivity contribution in [3.05, 3.63) is 0 Å². The summed E-state index contributed by atoms with van der Waals surface area (Å²) in [4.78, 5) is 26.3. The van der Waals surface area contributed by atoms with Crippen LogP contribution in [0.3, 0.4) is 0 Å². The SMILES string of the molecule is CC(C)CN(CC(=O)O)C(=O)NCCN1CCCC1. The van der Waals surface area contributed by atoms with Crippen molar-refractivity contribution in [3.63, 3.8) is 0 Å². The highest BCUT2D eigenvalue weighted by Crippen LogP contribution is 2.05. The van der Waals surface area contributed by atoms with Crippen LogP contribution in [0.1, 0.15) is 26.7 Å². The molecule has 0 aliphatic carbocycles.